The van der Waals surface area contributed by atoms with Gasteiger partial charge in [0.1, 0.15) is 6.73 Å². The fourth-order valence-corrected chi connectivity index (χ4v) is 1.71. The first-order chi connectivity index (χ1) is 4.75. The zero-order valence-electron chi connectivity index (χ0n) is 6.16. The summed E-state index contributed by atoms with van der Waals surface area (Å²) in [5.41, 5.74) is 1.22. The molecule has 0 aliphatic rings. The van der Waals surface area contributed by atoms with Crippen LogP contribution in [0.4, 0.5) is 5.00 Å². The van der Waals surface area contributed by atoms with Crippen LogP contribution in [0.3, 0.4) is 0 Å². The molecule has 1 N–H and O–H groups in total. The third kappa shape index (κ3) is 1.30. The van der Waals surface area contributed by atoms with Gasteiger partial charge >= 0.3 is 0 Å². The van der Waals surface area contributed by atoms with Crippen molar-refractivity contribution in [3.63, 3.8) is 0 Å². The van der Waals surface area contributed by atoms with Crippen molar-refractivity contribution in [1.82, 2.24) is 0 Å². The van der Waals surface area contributed by atoms with Gasteiger partial charge < -0.3 is 10.0 Å². The van der Waals surface area contributed by atoms with E-state index in [9.17, 15) is 0 Å². The summed E-state index contributed by atoms with van der Waals surface area (Å²) in [7, 11) is 1.87. The molecule has 0 aliphatic carbocycles. The second-order valence-electron chi connectivity index (χ2n) is 2.25. The highest BCUT2D eigenvalue weighted by Gasteiger charge is 2.02. The summed E-state index contributed by atoms with van der Waals surface area (Å²) in [5, 5.41) is 11.9. The van der Waals surface area contributed by atoms with Gasteiger partial charge in [0.2, 0.25) is 0 Å². The number of hydrogen-bond donors (Lipinski definition) is 1. The molecule has 0 saturated carbocycles. The van der Waals surface area contributed by atoms with Crippen LogP contribution >= 0.6 is 11.3 Å². The van der Waals surface area contributed by atoms with Gasteiger partial charge in [0.25, 0.3) is 0 Å². The Morgan fingerprint density at radius 2 is 2.40 bits per heavy atom. The lowest BCUT2D eigenvalue weighted by molar-refractivity contribution is 0.299. The van der Waals surface area contributed by atoms with E-state index in [0.29, 0.717) is 0 Å². The minimum atomic E-state index is 0.0847. The molecule has 0 atom stereocenters. The molecular weight excluding hydrogens is 146 g/mol. The van der Waals surface area contributed by atoms with Crippen LogP contribution in [0.15, 0.2) is 11.4 Å². The average molecular weight is 157 g/mol. The third-order valence-electron chi connectivity index (χ3n) is 1.39. The SMILES string of the molecule is Cc1ccsc1N(C)CO. The maximum Gasteiger partial charge on any atom is 0.116 e. The second kappa shape index (κ2) is 3.03. The highest BCUT2D eigenvalue weighted by molar-refractivity contribution is 7.14. The summed E-state index contributed by atoms with van der Waals surface area (Å²) < 4.78 is 0. The summed E-state index contributed by atoms with van der Waals surface area (Å²) in [4.78, 5) is 1.82. The first-order valence-electron chi connectivity index (χ1n) is 3.12. The van der Waals surface area contributed by atoms with Gasteiger partial charge in [-0.25, -0.2) is 0 Å². The van der Waals surface area contributed by atoms with Crippen molar-refractivity contribution >= 4 is 16.3 Å². The quantitative estimate of drug-likeness (QED) is 0.657. The molecule has 0 unspecified atom stereocenters. The molecule has 2 nitrogen and oxygen atoms in total. The molecule has 0 bridgehead atoms. The molecule has 1 rings (SSSR count). The average Bonchev–Trinajstić information content (AvgIpc) is 2.34. The van der Waals surface area contributed by atoms with E-state index in [1.54, 1.807) is 11.3 Å². The summed E-state index contributed by atoms with van der Waals surface area (Å²) in [6.45, 7) is 2.12. The predicted octanol–water partition coefficient (Wildman–Crippen LogP) is 1.44. The van der Waals surface area contributed by atoms with E-state index in [0.717, 1.165) is 5.00 Å². The van der Waals surface area contributed by atoms with E-state index in [-0.39, 0.29) is 6.73 Å². The highest BCUT2D eigenvalue weighted by Crippen LogP contribution is 2.24. The summed E-state index contributed by atoms with van der Waals surface area (Å²) >= 11 is 1.65. The molecule has 0 aromatic carbocycles. The fraction of sp³-hybridized carbons (Fsp3) is 0.429. The molecule has 1 aromatic rings. The summed E-state index contributed by atoms with van der Waals surface area (Å²) in [6, 6.07) is 2.05. The molecule has 0 aliphatic heterocycles. The Morgan fingerprint density at radius 1 is 1.70 bits per heavy atom. The first-order valence-corrected chi connectivity index (χ1v) is 3.99. The largest absolute Gasteiger partial charge is 0.376 e. The number of aliphatic hydroxyl groups excluding tert-OH is 1. The predicted molar refractivity (Wildman–Crippen MR) is 44.5 cm³/mol. The van der Waals surface area contributed by atoms with Crippen molar-refractivity contribution in [3.8, 4) is 0 Å². The molecular formula is C7H11NOS. The van der Waals surface area contributed by atoms with Gasteiger partial charge in [-0.3, -0.25) is 0 Å². The van der Waals surface area contributed by atoms with Crippen molar-refractivity contribution in [2.75, 3.05) is 18.7 Å². The Kier molecular flexibility index (Phi) is 2.29. The second-order valence-corrected chi connectivity index (χ2v) is 3.14. The van der Waals surface area contributed by atoms with E-state index in [1.165, 1.54) is 5.56 Å². The van der Waals surface area contributed by atoms with E-state index < -0.39 is 0 Å². The van der Waals surface area contributed by atoms with Crippen LogP contribution in [0.5, 0.6) is 0 Å². The molecule has 3 heteroatoms. The number of thiophene rings is 1. The smallest absolute Gasteiger partial charge is 0.116 e. The minimum Gasteiger partial charge on any atom is -0.376 e. The molecule has 0 amide bonds. The van der Waals surface area contributed by atoms with E-state index in [4.69, 9.17) is 5.11 Å². The topological polar surface area (TPSA) is 23.5 Å². The Balaban J connectivity index is 2.82. The Bertz CT molecular complexity index is 209. The maximum atomic E-state index is 8.76. The Labute approximate surface area is 64.7 Å². The van der Waals surface area contributed by atoms with Crippen LogP contribution in [-0.4, -0.2) is 18.9 Å². The van der Waals surface area contributed by atoms with Crippen LogP contribution in [0.25, 0.3) is 0 Å². The van der Waals surface area contributed by atoms with Gasteiger partial charge in [-0.2, -0.15) is 0 Å². The number of aliphatic hydroxyl groups is 1. The van der Waals surface area contributed by atoms with Gasteiger partial charge in [-0.05, 0) is 23.9 Å². The van der Waals surface area contributed by atoms with Gasteiger partial charge in [-0.15, -0.1) is 11.3 Å². The van der Waals surface area contributed by atoms with Gasteiger partial charge in [0.05, 0.1) is 5.00 Å². The van der Waals surface area contributed by atoms with Crippen LogP contribution in [-0.2, 0) is 0 Å². The molecule has 0 spiro atoms. The maximum absolute atomic E-state index is 8.76. The molecule has 0 saturated heterocycles. The lowest BCUT2D eigenvalue weighted by Crippen LogP contribution is -2.16. The summed E-state index contributed by atoms with van der Waals surface area (Å²) in [6.07, 6.45) is 0. The molecule has 1 aromatic heterocycles. The Morgan fingerprint density at radius 3 is 2.80 bits per heavy atom. The summed E-state index contributed by atoms with van der Waals surface area (Å²) in [5.74, 6) is 0. The number of hydrogen-bond acceptors (Lipinski definition) is 3. The van der Waals surface area contributed by atoms with E-state index in [2.05, 4.69) is 0 Å². The van der Waals surface area contributed by atoms with E-state index >= 15 is 0 Å². The third-order valence-corrected chi connectivity index (χ3v) is 2.52. The highest BCUT2D eigenvalue weighted by atomic mass is 32.1. The standard InChI is InChI=1S/C7H11NOS/c1-6-3-4-10-7(6)8(2)5-9/h3-4,9H,5H2,1-2H3. The lowest BCUT2D eigenvalue weighted by atomic mass is 10.3. The minimum absolute atomic E-state index is 0.0847. The number of anilines is 1. The monoisotopic (exact) mass is 157 g/mol. The van der Waals surface area contributed by atoms with Crippen molar-refractivity contribution in [1.29, 1.82) is 0 Å². The van der Waals surface area contributed by atoms with Crippen LogP contribution < -0.4 is 4.90 Å². The first kappa shape index (κ1) is 7.57. The normalized spacial score (nSPS) is 9.90. The number of nitrogens with zero attached hydrogens (tertiary/aromatic N) is 1. The fourth-order valence-electron chi connectivity index (χ4n) is 0.820. The number of aryl methyl sites for hydroxylation is 1. The van der Waals surface area contributed by atoms with E-state index in [1.807, 2.05) is 30.3 Å². The van der Waals surface area contributed by atoms with Crippen molar-refractivity contribution in [3.05, 3.63) is 17.0 Å². The Hall–Kier alpha value is -0.540. The molecule has 1 heterocycles. The van der Waals surface area contributed by atoms with Crippen molar-refractivity contribution in [2.24, 2.45) is 0 Å². The van der Waals surface area contributed by atoms with Crippen LogP contribution in [0.2, 0.25) is 0 Å². The van der Waals surface area contributed by atoms with Crippen LogP contribution in [0, 0.1) is 6.92 Å². The zero-order chi connectivity index (χ0) is 7.56. The molecule has 10 heavy (non-hydrogen) atoms. The van der Waals surface area contributed by atoms with Crippen molar-refractivity contribution in [2.45, 2.75) is 6.92 Å². The van der Waals surface area contributed by atoms with Gasteiger partial charge in [-0.1, -0.05) is 0 Å². The molecule has 56 valence electrons. The van der Waals surface area contributed by atoms with Gasteiger partial charge in [0.15, 0.2) is 0 Å². The number of rotatable bonds is 2. The van der Waals surface area contributed by atoms with Crippen LogP contribution in [0.1, 0.15) is 5.56 Å². The van der Waals surface area contributed by atoms with Crippen molar-refractivity contribution < 1.29 is 5.11 Å². The molecule has 0 radical (unpaired) electrons. The zero-order valence-corrected chi connectivity index (χ0v) is 6.98. The lowest BCUT2D eigenvalue weighted by Gasteiger charge is -2.13. The van der Waals surface area contributed by atoms with Gasteiger partial charge in [0, 0.05) is 7.05 Å². The molecule has 0 fully saturated rings.